The Morgan fingerprint density at radius 2 is 1.48 bits per heavy atom. The summed E-state index contributed by atoms with van der Waals surface area (Å²) >= 11 is 0. The SMILES string of the molecule is O=[N+]([O-])c1cccc(-c2cc(-c3ccccc3)c3c(ccc4ccccc43)n2)c1. The van der Waals surface area contributed by atoms with Crippen molar-refractivity contribution in [3.63, 3.8) is 0 Å². The lowest BCUT2D eigenvalue weighted by molar-refractivity contribution is -0.384. The zero-order chi connectivity index (χ0) is 19.8. The Bertz CT molecular complexity index is 1380. The van der Waals surface area contributed by atoms with Crippen LogP contribution in [0.25, 0.3) is 44.1 Å². The van der Waals surface area contributed by atoms with Crippen molar-refractivity contribution in [2.24, 2.45) is 0 Å². The average Bonchev–Trinajstić information content (AvgIpc) is 2.78. The number of nitrogens with zero attached hydrogens (tertiary/aromatic N) is 2. The van der Waals surface area contributed by atoms with Gasteiger partial charge in [-0.15, -0.1) is 0 Å². The first-order valence-corrected chi connectivity index (χ1v) is 9.33. The number of hydrogen-bond donors (Lipinski definition) is 0. The Kier molecular flexibility index (Phi) is 4.03. The van der Waals surface area contributed by atoms with Crippen molar-refractivity contribution in [3.8, 4) is 22.4 Å². The Balaban J connectivity index is 1.86. The second kappa shape index (κ2) is 6.84. The molecule has 0 unspecified atom stereocenters. The van der Waals surface area contributed by atoms with E-state index < -0.39 is 0 Å². The van der Waals surface area contributed by atoms with Gasteiger partial charge < -0.3 is 0 Å². The zero-order valence-corrected chi connectivity index (χ0v) is 15.4. The fourth-order valence-electron chi connectivity index (χ4n) is 3.78. The maximum absolute atomic E-state index is 11.2. The van der Waals surface area contributed by atoms with Crippen LogP contribution >= 0.6 is 0 Å². The van der Waals surface area contributed by atoms with Gasteiger partial charge in [0.25, 0.3) is 5.69 Å². The van der Waals surface area contributed by atoms with Gasteiger partial charge in [-0.25, -0.2) is 4.98 Å². The van der Waals surface area contributed by atoms with Crippen LogP contribution in [0.15, 0.2) is 97.1 Å². The fraction of sp³-hybridized carbons (Fsp3) is 0. The van der Waals surface area contributed by atoms with E-state index in [0.29, 0.717) is 0 Å². The van der Waals surface area contributed by atoms with Crippen LogP contribution in [0.1, 0.15) is 0 Å². The molecular weight excluding hydrogens is 360 g/mol. The predicted octanol–water partition coefficient (Wildman–Crippen LogP) is 6.63. The van der Waals surface area contributed by atoms with Crippen LogP contribution in [-0.2, 0) is 0 Å². The van der Waals surface area contributed by atoms with Crippen molar-refractivity contribution >= 4 is 27.4 Å². The van der Waals surface area contributed by atoms with Gasteiger partial charge in [0.1, 0.15) is 0 Å². The van der Waals surface area contributed by atoms with Gasteiger partial charge in [-0.1, -0.05) is 72.8 Å². The Labute approximate surface area is 167 Å². The Morgan fingerprint density at radius 1 is 0.724 bits per heavy atom. The maximum Gasteiger partial charge on any atom is 0.270 e. The van der Waals surface area contributed by atoms with Gasteiger partial charge in [-0.2, -0.15) is 0 Å². The van der Waals surface area contributed by atoms with E-state index in [9.17, 15) is 10.1 Å². The highest BCUT2D eigenvalue weighted by Gasteiger charge is 2.14. The minimum absolute atomic E-state index is 0.0594. The lowest BCUT2D eigenvalue weighted by Crippen LogP contribution is -1.93. The molecule has 5 rings (SSSR count). The number of nitro benzene ring substituents is 1. The van der Waals surface area contributed by atoms with E-state index in [-0.39, 0.29) is 10.6 Å². The molecule has 0 fully saturated rings. The first-order valence-electron chi connectivity index (χ1n) is 9.33. The largest absolute Gasteiger partial charge is 0.270 e. The molecule has 138 valence electrons. The lowest BCUT2D eigenvalue weighted by atomic mass is 9.94. The zero-order valence-electron chi connectivity index (χ0n) is 15.4. The molecule has 0 amide bonds. The summed E-state index contributed by atoms with van der Waals surface area (Å²) in [7, 11) is 0. The van der Waals surface area contributed by atoms with Crippen LogP contribution < -0.4 is 0 Å². The van der Waals surface area contributed by atoms with Crippen LogP contribution in [0.3, 0.4) is 0 Å². The van der Waals surface area contributed by atoms with Gasteiger partial charge in [0.15, 0.2) is 0 Å². The number of aromatic nitrogens is 1. The molecule has 4 aromatic carbocycles. The molecule has 1 aromatic heterocycles. The van der Waals surface area contributed by atoms with E-state index >= 15 is 0 Å². The molecular formula is C25H16N2O2. The van der Waals surface area contributed by atoms with Crippen molar-refractivity contribution in [1.82, 2.24) is 4.98 Å². The topological polar surface area (TPSA) is 56.0 Å². The van der Waals surface area contributed by atoms with E-state index in [4.69, 9.17) is 4.98 Å². The molecule has 4 heteroatoms. The van der Waals surface area contributed by atoms with Gasteiger partial charge in [-0.3, -0.25) is 10.1 Å². The molecule has 0 atom stereocenters. The highest BCUT2D eigenvalue weighted by molar-refractivity contribution is 6.13. The maximum atomic E-state index is 11.2. The van der Waals surface area contributed by atoms with Gasteiger partial charge in [0, 0.05) is 23.1 Å². The van der Waals surface area contributed by atoms with Crippen molar-refractivity contribution in [1.29, 1.82) is 0 Å². The minimum Gasteiger partial charge on any atom is -0.258 e. The summed E-state index contributed by atoms with van der Waals surface area (Å²) in [4.78, 5) is 15.7. The first kappa shape index (κ1) is 17.1. The molecule has 0 aliphatic heterocycles. The normalized spacial score (nSPS) is 11.0. The highest BCUT2D eigenvalue weighted by Crippen LogP contribution is 2.36. The van der Waals surface area contributed by atoms with Gasteiger partial charge in [0.05, 0.1) is 16.1 Å². The van der Waals surface area contributed by atoms with E-state index in [1.54, 1.807) is 12.1 Å². The second-order valence-electron chi connectivity index (χ2n) is 6.91. The number of non-ortho nitro benzene ring substituents is 1. The molecule has 0 aliphatic rings. The molecule has 29 heavy (non-hydrogen) atoms. The number of nitro groups is 1. The smallest absolute Gasteiger partial charge is 0.258 e. The number of benzene rings is 4. The van der Waals surface area contributed by atoms with Crippen LogP contribution in [0.2, 0.25) is 0 Å². The predicted molar refractivity (Wildman–Crippen MR) is 117 cm³/mol. The molecule has 0 saturated carbocycles. The van der Waals surface area contributed by atoms with Crippen molar-refractivity contribution in [2.45, 2.75) is 0 Å². The molecule has 0 bridgehead atoms. The molecule has 5 aromatic rings. The third kappa shape index (κ3) is 3.01. The standard InChI is InChI=1S/C25H16N2O2/c28-27(29)20-11-6-10-19(15-20)24-16-22(17-7-2-1-3-8-17)25-21-12-5-4-9-18(21)13-14-23(25)26-24/h1-16H. The summed E-state index contributed by atoms with van der Waals surface area (Å²) in [6, 6.07) is 31.2. The Morgan fingerprint density at radius 3 is 2.31 bits per heavy atom. The summed E-state index contributed by atoms with van der Waals surface area (Å²) < 4.78 is 0. The summed E-state index contributed by atoms with van der Waals surface area (Å²) in [6.45, 7) is 0. The molecule has 1 heterocycles. The van der Waals surface area contributed by atoms with Crippen molar-refractivity contribution < 1.29 is 4.92 Å². The van der Waals surface area contributed by atoms with Gasteiger partial charge >= 0.3 is 0 Å². The number of fused-ring (bicyclic) bond motifs is 3. The monoisotopic (exact) mass is 376 g/mol. The highest BCUT2D eigenvalue weighted by atomic mass is 16.6. The third-order valence-corrected chi connectivity index (χ3v) is 5.14. The van der Waals surface area contributed by atoms with Crippen LogP contribution in [-0.4, -0.2) is 9.91 Å². The fourth-order valence-corrected chi connectivity index (χ4v) is 3.78. The van der Waals surface area contributed by atoms with E-state index in [0.717, 1.165) is 44.1 Å². The number of hydrogen-bond acceptors (Lipinski definition) is 3. The minimum atomic E-state index is -0.379. The molecule has 0 aliphatic carbocycles. The quantitative estimate of drug-likeness (QED) is 0.202. The number of rotatable bonds is 3. The average molecular weight is 376 g/mol. The molecule has 0 spiro atoms. The molecule has 4 nitrogen and oxygen atoms in total. The van der Waals surface area contributed by atoms with Crippen molar-refractivity contribution in [2.75, 3.05) is 0 Å². The molecule has 0 radical (unpaired) electrons. The third-order valence-electron chi connectivity index (χ3n) is 5.14. The van der Waals surface area contributed by atoms with Crippen molar-refractivity contribution in [3.05, 3.63) is 107 Å². The van der Waals surface area contributed by atoms with Crippen LogP contribution in [0, 0.1) is 10.1 Å². The molecule has 0 saturated heterocycles. The van der Waals surface area contributed by atoms with E-state index in [1.165, 1.54) is 6.07 Å². The first-order chi connectivity index (χ1) is 14.2. The van der Waals surface area contributed by atoms with Gasteiger partial charge in [-0.05, 0) is 34.0 Å². The lowest BCUT2D eigenvalue weighted by Gasteiger charge is -2.13. The van der Waals surface area contributed by atoms with Crippen LogP contribution in [0.5, 0.6) is 0 Å². The molecule has 0 N–H and O–H groups in total. The van der Waals surface area contributed by atoms with Gasteiger partial charge in [0.2, 0.25) is 0 Å². The van der Waals surface area contributed by atoms with E-state index in [2.05, 4.69) is 30.3 Å². The summed E-state index contributed by atoms with van der Waals surface area (Å²) in [5, 5.41) is 14.6. The van der Waals surface area contributed by atoms with E-state index in [1.807, 2.05) is 48.5 Å². The van der Waals surface area contributed by atoms with Crippen LogP contribution in [0.4, 0.5) is 5.69 Å². The number of pyridine rings is 1. The Hall–Kier alpha value is -4.05. The summed E-state index contributed by atoms with van der Waals surface area (Å²) in [5.41, 5.74) is 4.52. The summed E-state index contributed by atoms with van der Waals surface area (Å²) in [6.07, 6.45) is 0. The second-order valence-corrected chi connectivity index (χ2v) is 6.91. The summed E-state index contributed by atoms with van der Waals surface area (Å²) in [5.74, 6) is 0.